The lowest BCUT2D eigenvalue weighted by molar-refractivity contribution is 0.0527. The maximum absolute atomic E-state index is 11.9. The smallest absolute Gasteiger partial charge is 0.340 e. The second-order valence-corrected chi connectivity index (χ2v) is 4.58. The van der Waals surface area contributed by atoms with Crippen molar-refractivity contribution in [2.45, 2.75) is 26.8 Å². The van der Waals surface area contributed by atoms with Gasteiger partial charge in [-0.1, -0.05) is 12.1 Å². The summed E-state index contributed by atoms with van der Waals surface area (Å²) in [5.41, 5.74) is 1.27. The van der Waals surface area contributed by atoms with Gasteiger partial charge in [0.2, 0.25) is 0 Å². The predicted molar refractivity (Wildman–Crippen MR) is 77.9 cm³/mol. The van der Waals surface area contributed by atoms with Gasteiger partial charge in [-0.25, -0.2) is 4.79 Å². The topological polar surface area (TPSA) is 51.5 Å². The summed E-state index contributed by atoms with van der Waals surface area (Å²) >= 11 is 0. The van der Waals surface area contributed by atoms with Gasteiger partial charge in [0.25, 0.3) is 0 Å². The van der Waals surface area contributed by atoms with E-state index in [4.69, 9.17) is 9.15 Å². The van der Waals surface area contributed by atoms with E-state index in [1.807, 2.05) is 44.2 Å². The van der Waals surface area contributed by atoms with Crippen LogP contribution in [0.5, 0.6) is 0 Å². The minimum atomic E-state index is -0.321. The summed E-state index contributed by atoms with van der Waals surface area (Å²) < 4.78 is 10.6. The highest BCUT2D eigenvalue weighted by atomic mass is 16.5. The average Bonchev–Trinajstić information content (AvgIpc) is 2.86. The fraction of sp³-hybridized carbons (Fsp3) is 0.312. The van der Waals surface area contributed by atoms with Gasteiger partial charge in [-0.3, -0.25) is 0 Å². The molecule has 1 atom stereocenters. The lowest BCUT2D eigenvalue weighted by Gasteiger charge is -2.15. The lowest BCUT2D eigenvalue weighted by Crippen LogP contribution is -2.12. The van der Waals surface area contributed by atoms with Crippen molar-refractivity contribution in [2.75, 3.05) is 11.9 Å². The standard InChI is InChI=1S/C16H19NO3/c1-4-19-16(18)13-7-5-6-8-14(13)17-12(3)15-10-9-11(2)20-15/h5-10,12,17H,4H2,1-3H3. The molecule has 1 heterocycles. The van der Waals surface area contributed by atoms with E-state index in [2.05, 4.69) is 5.32 Å². The van der Waals surface area contributed by atoms with Crippen LogP contribution in [0, 0.1) is 6.92 Å². The first-order valence-electron chi connectivity index (χ1n) is 6.71. The Hall–Kier alpha value is -2.23. The molecule has 0 aliphatic carbocycles. The van der Waals surface area contributed by atoms with Gasteiger partial charge in [0.15, 0.2) is 0 Å². The Kier molecular flexibility index (Phi) is 4.45. The third kappa shape index (κ3) is 3.20. The highest BCUT2D eigenvalue weighted by Gasteiger charge is 2.15. The molecular formula is C16H19NO3. The number of carbonyl (C=O) groups excluding carboxylic acids is 1. The summed E-state index contributed by atoms with van der Waals surface area (Å²) in [5.74, 6) is 1.38. The zero-order valence-electron chi connectivity index (χ0n) is 12.0. The van der Waals surface area contributed by atoms with Gasteiger partial charge < -0.3 is 14.5 Å². The Morgan fingerprint density at radius 1 is 1.30 bits per heavy atom. The average molecular weight is 273 g/mol. The van der Waals surface area contributed by atoms with Gasteiger partial charge in [-0.05, 0) is 45.0 Å². The van der Waals surface area contributed by atoms with E-state index < -0.39 is 0 Å². The Morgan fingerprint density at radius 2 is 2.05 bits per heavy atom. The van der Waals surface area contributed by atoms with Crippen molar-refractivity contribution >= 4 is 11.7 Å². The fourth-order valence-corrected chi connectivity index (χ4v) is 1.99. The first-order valence-corrected chi connectivity index (χ1v) is 6.71. The van der Waals surface area contributed by atoms with E-state index in [0.717, 1.165) is 17.2 Å². The molecule has 1 aromatic heterocycles. The fourth-order valence-electron chi connectivity index (χ4n) is 1.99. The summed E-state index contributed by atoms with van der Waals surface area (Å²) in [7, 11) is 0. The van der Waals surface area contributed by atoms with Crippen molar-refractivity contribution in [3.8, 4) is 0 Å². The number of anilines is 1. The van der Waals surface area contributed by atoms with Crippen LogP contribution in [0.15, 0.2) is 40.8 Å². The molecule has 1 unspecified atom stereocenters. The minimum Gasteiger partial charge on any atom is -0.464 e. The minimum absolute atomic E-state index is 0.0284. The number of rotatable bonds is 5. The van der Waals surface area contributed by atoms with Crippen LogP contribution in [0.25, 0.3) is 0 Å². The van der Waals surface area contributed by atoms with Crippen molar-refractivity contribution in [2.24, 2.45) is 0 Å². The number of para-hydroxylation sites is 1. The Morgan fingerprint density at radius 3 is 2.70 bits per heavy atom. The van der Waals surface area contributed by atoms with Crippen LogP contribution in [-0.4, -0.2) is 12.6 Å². The number of furan rings is 1. The van der Waals surface area contributed by atoms with Crippen molar-refractivity contribution in [3.05, 3.63) is 53.5 Å². The normalized spacial score (nSPS) is 11.9. The van der Waals surface area contributed by atoms with Crippen molar-refractivity contribution in [3.63, 3.8) is 0 Å². The molecule has 1 aromatic carbocycles. The third-order valence-corrected chi connectivity index (χ3v) is 2.98. The van der Waals surface area contributed by atoms with Crippen LogP contribution in [0.2, 0.25) is 0 Å². The highest BCUT2D eigenvalue weighted by Crippen LogP contribution is 2.24. The second-order valence-electron chi connectivity index (χ2n) is 4.58. The number of hydrogen-bond acceptors (Lipinski definition) is 4. The molecular weight excluding hydrogens is 254 g/mol. The monoisotopic (exact) mass is 273 g/mol. The maximum atomic E-state index is 11.9. The first kappa shape index (κ1) is 14.2. The van der Waals surface area contributed by atoms with Gasteiger partial charge in [0.1, 0.15) is 11.5 Å². The molecule has 4 nitrogen and oxygen atoms in total. The SMILES string of the molecule is CCOC(=O)c1ccccc1NC(C)c1ccc(C)o1. The highest BCUT2D eigenvalue weighted by molar-refractivity contribution is 5.95. The largest absolute Gasteiger partial charge is 0.464 e. The molecule has 0 aliphatic heterocycles. The Balaban J connectivity index is 2.18. The van der Waals surface area contributed by atoms with E-state index in [9.17, 15) is 4.79 Å². The van der Waals surface area contributed by atoms with Gasteiger partial charge in [-0.2, -0.15) is 0 Å². The summed E-state index contributed by atoms with van der Waals surface area (Å²) in [6.45, 7) is 6.05. The number of hydrogen-bond donors (Lipinski definition) is 1. The van der Waals surface area contributed by atoms with Crippen molar-refractivity contribution in [1.29, 1.82) is 0 Å². The molecule has 0 aliphatic rings. The summed E-state index contributed by atoms with van der Waals surface area (Å²) in [6, 6.07) is 11.1. The van der Waals surface area contributed by atoms with E-state index >= 15 is 0 Å². The summed E-state index contributed by atoms with van der Waals surface area (Å²) in [4.78, 5) is 11.9. The molecule has 0 spiro atoms. The molecule has 106 valence electrons. The van der Waals surface area contributed by atoms with Crippen LogP contribution < -0.4 is 5.32 Å². The first-order chi connectivity index (χ1) is 9.61. The molecule has 20 heavy (non-hydrogen) atoms. The van der Waals surface area contributed by atoms with E-state index in [-0.39, 0.29) is 12.0 Å². The lowest BCUT2D eigenvalue weighted by atomic mass is 10.1. The van der Waals surface area contributed by atoms with E-state index in [1.165, 1.54) is 0 Å². The van der Waals surface area contributed by atoms with Crippen LogP contribution in [-0.2, 0) is 4.74 Å². The molecule has 0 bridgehead atoms. The second kappa shape index (κ2) is 6.28. The van der Waals surface area contributed by atoms with Crippen LogP contribution in [0.4, 0.5) is 5.69 Å². The number of aryl methyl sites for hydroxylation is 1. The predicted octanol–water partition coefficient (Wildman–Crippen LogP) is 3.94. The molecule has 0 radical (unpaired) electrons. The van der Waals surface area contributed by atoms with Gasteiger partial charge in [-0.15, -0.1) is 0 Å². The number of nitrogens with one attached hydrogen (secondary N) is 1. The van der Waals surface area contributed by atoms with Crippen molar-refractivity contribution < 1.29 is 13.9 Å². The van der Waals surface area contributed by atoms with E-state index in [1.54, 1.807) is 13.0 Å². The number of esters is 1. The third-order valence-electron chi connectivity index (χ3n) is 2.98. The molecule has 1 N–H and O–H groups in total. The molecule has 4 heteroatoms. The summed E-state index contributed by atoms with van der Waals surface area (Å²) in [6.07, 6.45) is 0. The molecule has 2 aromatic rings. The van der Waals surface area contributed by atoms with Gasteiger partial charge in [0.05, 0.1) is 18.2 Å². The zero-order valence-corrected chi connectivity index (χ0v) is 12.0. The van der Waals surface area contributed by atoms with Crippen LogP contribution in [0.3, 0.4) is 0 Å². The van der Waals surface area contributed by atoms with Crippen molar-refractivity contribution in [1.82, 2.24) is 0 Å². The van der Waals surface area contributed by atoms with E-state index in [0.29, 0.717) is 12.2 Å². The quantitative estimate of drug-likeness (QED) is 0.838. The van der Waals surface area contributed by atoms with Gasteiger partial charge >= 0.3 is 5.97 Å². The van der Waals surface area contributed by atoms with Gasteiger partial charge in [0, 0.05) is 5.69 Å². The maximum Gasteiger partial charge on any atom is 0.340 e. The summed E-state index contributed by atoms with van der Waals surface area (Å²) in [5, 5.41) is 3.28. The molecule has 2 rings (SSSR count). The van der Waals surface area contributed by atoms with Crippen LogP contribution in [0.1, 0.15) is 41.8 Å². The number of benzene rings is 1. The molecule has 0 amide bonds. The molecule has 0 saturated carbocycles. The van der Waals surface area contributed by atoms with Crippen LogP contribution >= 0.6 is 0 Å². The molecule has 0 saturated heterocycles. The number of carbonyl (C=O) groups is 1. The zero-order chi connectivity index (χ0) is 14.5. The Labute approximate surface area is 118 Å². The number of ether oxygens (including phenoxy) is 1. The molecule has 0 fully saturated rings. The Bertz CT molecular complexity index is 589.